The van der Waals surface area contributed by atoms with Crippen molar-refractivity contribution < 1.29 is 4.79 Å². The Labute approximate surface area is 129 Å². The fourth-order valence-corrected chi connectivity index (χ4v) is 6.63. The second-order valence-corrected chi connectivity index (χ2v) is 8.66. The molecule has 1 amide bonds. The lowest BCUT2D eigenvalue weighted by molar-refractivity contribution is -0.155. The Kier molecular flexibility index (Phi) is 2.88. The van der Waals surface area contributed by atoms with Crippen molar-refractivity contribution in [3.63, 3.8) is 0 Å². The van der Waals surface area contributed by atoms with Gasteiger partial charge < -0.3 is 4.90 Å². The lowest BCUT2D eigenvalue weighted by Gasteiger charge is -2.61. The molecule has 1 saturated heterocycles. The number of hydrogen-bond acceptors (Lipinski definition) is 1. The predicted molar refractivity (Wildman–Crippen MR) is 84.7 cm³/mol. The Balaban J connectivity index is 1.66. The molecule has 116 valence electrons. The van der Waals surface area contributed by atoms with E-state index in [1.54, 1.807) is 0 Å². The van der Waals surface area contributed by atoms with Crippen LogP contribution in [0.5, 0.6) is 0 Å². The van der Waals surface area contributed by atoms with Crippen LogP contribution >= 0.6 is 0 Å². The third-order valence-corrected chi connectivity index (χ3v) is 7.88. The molecule has 0 bridgehead atoms. The first-order chi connectivity index (χ1) is 9.96. The zero-order chi connectivity index (χ0) is 14.8. The van der Waals surface area contributed by atoms with E-state index in [1.165, 1.54) is 32.1 Å². The average Bonchev–Trinajstić information content (AvgIpc) is 2.85. The first-order valence-electron chi connectivity index (χ1n) is 8.89. The molecule has 6 atom stereocenters. The zero-order valence-corrected chi connectivity index (χ0v) is 13.8. The monoisotopic (exact) mass is 287 g/mol. The lowest BCUT2D eigenvalue weighted by Crippen LogP contribution is -2.61. The number of fused-ring (bicyclic) bond motifs is 5. The quantitative estimate of drug-likeness (QED) is 0.616. The van der Waals surface area contributed by atoms with Gasteiger partial charge in [0, 0.05) is 19.5 Å². The van der Waals surface area contributed by atoms with Gasteiger partial charge in [0.15, 0.2) is 0 Å². The maximum atomic E-state index is 12.1. The van der Waals surface area contributed by atoms with Crippen LogP contribution in [0.25, 0.3) is 0 Å². The van der Waals surface area contributed by atoms with E-state index >= 15 is 0 Å². The summed E-state index contributed by atoms with van der Waals surface area (Å²) >= 11 is 0. The molecule has 0 aromatic carbocycles. The molecule has 3 aliphatic carbocycles. The molecular weight excluding hydrogens is 258 g/mol. The molecule has 0 spiro atoms. The molecule has 0 aromatic heterocycles. The second kappa shape index (κ2) is 4.36. The molecule has 21 heavy (non-hydrogen) atoms. The van der Waals surface area contributed by atoms with E-state index in [0.717, 1.165) is 30.6 Å². The Morgan fingerprint density at radius 2 is 1.95 bits per heavy atom. The number of piperidine rings is 1. The minimum absolute atomic E-state index is 0.371. The summed E-state index contributed by atoms with van der Waals surface area (Å²) in [5, 5.41) is 0. The molecule has 1 unspecified atom stereocenters. The number of amides is 1. The molecule has 4 rings (SSSR count). The molecule has 1 heterocycles. The Morgan fingerprint density at radius 1 is 1.14 bits per heavy atom. The fraction of sp³-hybridized carbons (Fsp3) is 0.842. The summed E-state index contributed by atoms with van der Waals surface area (Å²) in [6.07, 6.45) is 13.4. The highest BCUT2D eigenvalue weighted by molar-refractivity contribution is 5.77. The van der Waals surface area contributed by atoms with Crippen molar-refractivity contribution in [1.82, 2.24) is 4.90 Å². The van der Waals surface area contributed by atoms with Crippen LogP contribution in [-0.2, 0) is 4.79 Å². The van der Waals surface area contributed by atoms with Crippen molar-refractivity contribution in [2.45, 2.75) is 64.8 Å². The molecule has 4 aliphatic rings. The minimum Gasteiger partial charge on any atom is -0.342 e. The van der Waals surface area contributed by atoms with Crippen LogP contribution in [0.2, 0.25) is 0 Å². The average molecular weight is 287 g/mol. The molecule has 2 nitrogen and oxygen atoms in total. The molecule has 1 aliphatic heterocycles. The Bertz CT molecular complexity index is 498. The molecule has 0 radical (unpaired) electrons. The number of hydrogen-bond donors (Lipinski definition) is 0. The highest BCUT2D eigenvalue weighted by atomic mass is 16.2. The van der Waals surface area contributed by atoms with Gasteiger partial charge in [0.25, 0.3) is 0 Å². The van der Waals surface area contributed by atoms with Crippen molar-refractivity contribution in [1.29, 1.82) is 0 Å². The second-order valence-electron chi connectivity index (χ2n) is 8.66. The van der Waals surface area contributed by atoms with E-state index in [2.05, 4.69) is 37.9 Å². The third-order valence-electron chi connectivity index (χ3n) is 7.88. The minimum atomic E-state index is 0.371. The summed E-state index contributed by atoms with van der Waals surface area (Å²) in [6.45, 7) is 4.99. The summed E-state index contributed by atoms with van der Waals surface area (Å²) in [7, 11) is 2.05. The first-order valence-corrected chi connectivity index (χ1v) is 8.89. The molecule has 2 heteroatoms. The van der Waals surface area contributed by atoms with Crippen LogP contribution in [-0.4, -0.2) is 23.9 Å². The van der Waals surface area contributed by atoms with Crippen LogP contribution in [0.1, 0.15) is 58.8 Å². The topological polar surface area (TPSA) is 20.3 Å². The van der Waals surface area contributed by atoms with Gasteiger partial charge in [-0.25, -0.2) is 0 Å². The van der Waals surface area contributed by atoms with Gasteiger partial charge in [0.2, 0.25) is 5.91 Å². The maximum absolute atomic E-state index is 12.1. The van der Waals surface area contributed by atoms with E-state index in [9.17, 15) is 4.79 Å². The molecular formula is C19H29NO. The van der Waals surface area contributed by atoms with Crippen LogP contribution < -0.4 is 0 Å². The van der Waals surface area contributed by atoms with E-state index in [-0.39, 0.29) is 0 Å². The zero-order valence-electron chi connectivity index (χ0n) is 13.8. The highest BCUT2D eigenvalue weighted by Gasteiger charge is 2.58. The SMILES string of the molecule is CN1C(=O)CC[C@@]2(C)C1CC[C@H]1[C@@H]3CC=C[C@@]3(C)CC[C@@H]12. The third kappa shape index (κ3) is 1.74. The van der Waals surface area contributed by atoms with Crippen LogP contribution in [0.15, 0.2) is 12.2 Å². The number of rotatable bonds is 0. The van der Waals surface area contributed by atoms with Gasteiger partial charge in [-0.3, -0.25) is 4.79 Å². The number of carbonyl (C=O) groups is 1. The lowest BCUT2D eigenvalue weighted by atomic mass is 9.47. The van der Waals surface area contributed by atoms with Crippen LogP contribution in [0.3, 0.4) is 0 Å². The summed E-state index contributed by atoms with van der Waals surface area (Å²) in [5.41, 5.74) is 0.844. The van der Waals surface area contributed by atoms with E-state index in [0.29, 0.717) is 22.8 Å². The standard InChI is InChI=1S/C19H29NO/c1-18-10-4-5-14(18)13-6-7-16-19(2,15(13)8-11-18)12-9-17(21)20(16)3/h4,10,13-16H,5-9,11-12H2,1-3H3/t13-,14-,15-,16?,18-,19+/m0/s1. The normalized spacial score (nSPS) is 52.3. The number of likely N-dealkylation sites (tertiary alicyclic amines) is 1. The van der Waals surface area contributed by atoms with Crippen LogP contribution in [0, 0.1) is 28.6 Å². The number of allylic oxidation sites excluding steroid dienone is 2. The van der Waals surface area contributed by atoms with Crippen molar-refractivity contribution in [3.8, 4) is 0 Å². The van der Waals surface area contributed by atoms with Gasteiger partial charge in [-0.2, -0.15) is 0 Å². The van der Waals surface area contributed by atoms with Gasteiger partial charge in [0.05, 0.1) is 0 Å². The van der Waals surface area contributed by atoms with Crippen molar-refractivity contribution in [3.05, 3.63) is 12.2 Å². The van der Waals surface area contributed by atoms with Gasteiger partial charge >= 0.3 is 0 Å². The number of nitrogens with zero attached hydrogens (tertiary/aromatic N) is 1. The highest BCUT2D eigenvalue weighted by Crippen LogP contribution is 2.63. The van der Waals surface area contributed by atoms with Crippen molar-refractivity contribution in [2.75, 3.05) is 7.05 Å². The fourth-order valence-electron chi connectivity index (χ4n) is 6.63. The molecule has 2 saturated carbocycles. The molecule has 3 fully saturated rings. The molecule has 0 N–H and O–H groups in total. The van der Waals surface area contributed by atoms with E-state index in [1.807, 2.05) is 0 Å². The Hall–Kier alpha value is -0.790. The van der Waals surface area contributed by atoms with Gasteiger partial charge in [-0.05, 0) is 67.1 Å². The smallest absolute Gasteiger partial charge is 0.222 e. The van der Waals surface area contributed by atoms with Crippen molar-refractivity contribution in [2.24, 2.45) is 28.6 Å². The number of carbonyl (C=O) groups excluding carboxylic acids is 1. The van der Waals surface area contributed by atoms with Crippen molar-refractivity contribution >= 4 is 5.91 Å². The predicted octanol–water partition coefficient (Wildman–Crippen LogP) is 4.02. The summed E-state index contributed by atoms with van der Waals surface area (Å²) in [6, 6.07) is 0.499. The Morgan fingerprint density at radius 3 is 2.76 bits per heavy atom. The first kappa shape index (κ1) is 13.8. The van der Waals surface area contributed by atoms with E-state index in [4.69, 9.17) is 0 Å². The maximum Gasteiger partial charge on any atom is 0.222 e. The van der Waals surface area contributed by atoms with Crippen LogP contribution in [0.4, 0.5) is 0 Å². The van der Waals surface area contributed by atoms with E-state index < -0.39 is 0 Å². The summed E-state index contributed by atoms with van der Waals surface area (Å²) in [4.78, 5) is 14.2. The van der Waals surface area contributed by atoms with Gasteiger partial charge in [-0.1, -0.05) is 26.0 Å². The van der Waals surface area contributed by atoms with Gasteiger partial charge in [-0.15, -0.1) is 0 Å². The summed E-state index contributed by atoms with van der Waals surface area (Å²) < 4.78 is 0. The van der Waals surface area contributed by atoms with Gasteiger partial charge in [0.1, 0.15) is 0 Å². The molecule has 0 aromatic rings. The largest absolute Gasteiger partial charge is 0.342 e. The summed E-state index contributed by atoms with van der Waals surface area (Å²) in [5.74, 6) is 2.97.